The first kappa shape index (κ1) is 13.1. The molecule has 0 fully saturated rings. The lowest BCUT2D eigenvalue weighted by atomic mass is 9.92. The van der Waals surface area contributed by atoms with Crippen LogP contribution in [0.1, 0.15) is 43.5 Å². The highest BCUT2D eigenvalue weighted by atomic mass is 16.5. The first-order valence-corrected chi connectivity index (χ1v) is 6.86. The standard InChI is InChI=1S/C15H19N3O2/c1-15(2,16-3)14-17-13(18-20-14)11-8-9-19-12-7-5-4-6-10(11)12/h4-7,11,16H,8-9H2,1-3H3. The fraction of sp³-hybridized carbons (Fsp3) is 0.467. The van der Waals surface area contributed by atoms with Crippen molar-refractivity contribution in [3.8, 4) is 5.75 Å². The van der Waals surface area contributed by atoms with Crippen molar-refractivity contribution in [3.05, 3.63) is 41.5 Å². The normalized spacial score (nSPS) is 18.4. The van der Waals surface area contributed by atoms with Gasteiger partial charge in [0.2, 0.25) is 5.89 Å². The predicted molar refractivity (Wildman–Crippen MR) is 74.8 cm³/mol. The minimum atomic E-state index is -0.323. The molecule has 0 bridgehead atoms. The van der Waals surface area contributed by atoms with Crippen LogP contribution in [0.5, 0.6) is 5.75 Å². The van der Waals surface area contributed by atoms with E-state index in [0.29, 0.717) is 12.5 Å². The van der Waals surface area contributed by atoms with Crippen molar-refractivity contribution in [1.29, 1.82) is 0 Å². The van der Waals surface area contributed by atoms with E-state index in [1.54, 1.807) is 0 Å². The Hall–Kier alpha value is -1.88. The van der Waals surface area contributed by atoms with Gasteiger partial charge in [-0.05, 0) is 33.4 Å². The highest BCUT2D eigenvalue weighted by Gasteiger charge is 2.30. The Morgan fingerprint density at radius 2 is 2.10 bits per heavy atom. The molecular weight excluding hydrogens is 254 g/mol. The third-order valence-corrected chi connectivity index (χ3v) is 3.87. The lowest BCUT2D eigenvalue weighted by Crippen LogP contribution is -2.33. The second-order valence-electron chi connectivity index (χ2n) is 5.56. The summed E-state index contributed by atoms with van der Waals surface area (Å²) in [5, 5.41) is 7.34. The van der Waals surface area contributed by atoms with Crippen LogP contribution in [-0.4, -0.2) is 23.8 Å². The van der Waals surface area contributed by atoms with Gasteiger partial charge >= 0.3 is 0 Å². The van der Waals surface area contributed by atoms with E-state index in [-0.39, 0.29) is 11.5 Å². The molecule has 5 nitrogen and oxygen atoms in total. The van der Waals surface area contributed by atoms with Gasteiger partial charge in [0.05, 0.1) is 18.1 Å². The molecule has 106 valence electrons. The van der Waals surface area contributed by atoms with E-state index in [1.165, 1.54) is 0 Å². The lowest BCUT2D eigenvalue weighted by Gasteiger charge is -2.23. The molecule has 1 unspecified atom stereocenters. The number of rotatable bonds is 3. The van der Waals surface area contributed by atoms with Crippen LogP contribution < -0.4 is 10.1 Å². The molecule has 1 N–H and O–H groups in total. The fourth-order valence-electron chi connectivity index (χ4n) is 2.35. The summed E-state index contributed by atoms with van der Waals surface area (Å²) in [6, 6.07) is 8.05. The molecule has 2 heterocycles. The maximum atomic E-state index is 5.67. The molecule has 0 saturated heterocycles. The predicted octanol–water partition coefficient (Wildman–Crippen LogP) is 2.44. The van der Waals surface area contributed by atoms with E-state index in [0.717, 1.165) is 23.6 Å². The van der Waals surface area contributed by atoms with Crippen molar-refractivity contribution in [2.24, 2.45) is 0 Å². The van der Waals surface area contributed by atoms with E-state index < -0.39 is 0 Å². The van der Waals surface area contributed by atoms with Crippen molar-refractivity contribution in [1.82, 2.24) is 15.5 Å². The Morgan fingerprint density at radius 3 is 2.90 bits per heavy atom. The van der Waals surface area contributed by atoms with E-state index in [4.69, 9.17) is 9.26 Å². The summed E-state index contributed by atoms with van der Waals surface area (Å²) in [4.78, 5) is 4.58. The zero-order valence-corrected chi connectivity index (χ0v) is 12.0. The number of fused-ring (bicyclic) bond motifs is 1. The summed E-state index contributed by atoms with van der Waals surface area (Å²) < 4.78 is 11.1. The van der Waals surface area contributed by atoms with Crippen LogP contribution in [0, 0.1) is 0 Å². The summed E-state index contributed by atoms with van der Waals surface area (Å²) in [5.41, 5.74) is 0.809. The van der Waals surface area contributed by atoms with Crippen molar-refractivity contribution < 1.29 is 9.26 Å². The third kappa shape index (κ3) is 2.18. The highest BCUT2D eigenvalue weighted by Crippen LogP contribution is 2.37. The van der Waals surface area contributed by atoms with Crippen molar-refractivity contribution >= 4 is 0 Å². The first-order chi connectivity index (χ1) is 9.62. The van der Waals surface area contributed by atoms with Gasteiger partial charge < -0.3 is 14.6 Å². The van der Waals surface area contributed by atoms with E-state index in [9.17, 15) is 0 Å². The van der Waals surface area contributed by atoms with E-state index in [2.05, 4.69) is 21.5 Å². The Morgan fingerprint density at radius 1 is 1.30 bits per heavy atom. The van der Waals surface area contributed by atoms with Gasteiger partial charge in [-0.15, -0.1) is 0 Å². The average molecular weight is 273 g/mol. The number of hydrogen-bond donors (Lipinski definition) is 1. The number of para-hydroxylation sites is 1. The SMILES string of the molecule is CNC(C)(C)c1nc(C2CCOc3ccccc32)no1. The largest absolute Gasteiger partial charge is 0.493 e. The van der Waals surface area contributed by atoms with Crippen molar-refractivity contribution in [3.63, 3.8) is 0 Å². The third-order valence-electron chi connectivity index (χ3n) is 3.87. The molecule has 0 saturated carbocycles. The molecule has 0 aliphatic carbocycles. The fourth-order valence-corrected chi connectivity index (χ4v) is 2.35. The summed E-state index contributed by atoms with van der Waals surface area (Å²) in [6.45, 7) is 4.71. The number of ether oxygens (including phenoxy) is 1. The Bertz CT molecular complexity index is 607. The molecule has 1 aliphatic rings. The zero-order chi connectivity index (χ0) is 14.2. The van der Waals surface area contributed by atoms with Crippen LogP contribution >= 0.6 is 0 Å². The topological polar surface area (TPSA) is 60.2 Å². The molecule has 20 heavy (non-hydrogen) atoms. The number of nitrogens with zero attached hydrogens (tertiary/aromatic N) is 2. The molecule has 3 rings (SSSR count). The molecule has 5 heteroatoms. The van der Waals surface area contributed by atoms with Gasteiger partial charge in [0.1, 0.15) is 5.75 Å². The second kappa shape index (κ2) is 4.90. The van der Waals surface area contributed by atoms with E-state index >= 15 is 0 Å². The number of aromatic nitrogens is 2. The van der Waals surface area contributed by atoms with Gasteiger partial charge in [0.25, 0.3) is 0 Å². The smallest absolute Gasteiger partial charge is 0.246 e. The molecule has 1 atom stereocenters. The lowest BCUT2D eigenvalue weighted by molar-refractivity contribution is 0.267. The second-order valence-corrected chi connectivity index (χ2v) is 5.56. The number of benzene rings is 1. The van der Waals surface area contributed by atoms with Crippen LogP contribution in [0.4, 0.5) is 0 Å². The quantitative estimate of drug-likeness (QED) is 0.930. The Balaban J connectivity index is 1.95. The van der Waals surface area contributed by atoms with Gasteiger partial charge in [-0.2, -0.15) is 4.98 Å². The van der Waals surface area contributed by atoms with Crippen LogP contribution in [0.2, 0.25) is 0 Å². The molecule has 2 aromatic rings. The van der Waals surface area contributed by atoms with Crippen LogP contribution in [0.15, 0.2) is 28.8 Å². The minimum Gasteiger partial charge on any atom is -0.493 e. The summed E-state index contributed by atoms with van der Waals surface area (Å²) >= 11 is 0. The Kier molecular flexibility index (Phi) is 3.22. The molecule has 0 radical (unpaired) electrons. The Labute approximate surface area is 118 Å². The first-order valence-electron chi connectivity index (χ1n) is 6.86. The van der Waals surface area contributed by atoms with Gasteiger partial charge in [0.15, 0.2) is 5.82 Å². The van der Waals surface area contributed by atoms with Crippen LogP contribution in [0.3, 0.4) is 0 Å². The van der Waals surface area contributed by atoms with Crippen molar-refractivity contribution in [2.75, 3.05) is 13.7 Å². The van der Waals surface area contributed by atoms with E-state index in [1.807, 2.05) is 39.1 Å². The zero-order valence-electron chi connectivity index (χ0n) is 12.0. The minimum absolute atomic E-state index is 0.144. The van der Waals surface area contributed by atoms with Gasteiger partial charge in [-0.3, -0.25) is 0 Å². The molecule has 1 aromatic heterocycles. The monoisotopic (exact) mass is 273 g/mol. The molecule has 0 amide bonds. The molecule has 0 spiro atoms. The summed E-state index contributed by atoms with van der Waals surface area (Å²) in [7, 11) is 1.88. The average Bonchev–Trinajstić information content (AvgIpc) is 2.97. The highest BCUT2D eigenvalue weighted by molar-refractivity contribution is 5.40. The number of nitrogens with one attached hydrogen (secondary N) is 1. The molecule has 1 aliphatic heterocycles. The molecule has 1 aromatic carbocycles. The van der Waals surface area contributed by atoms with Gasteiger partial charge in [-0.25, -0.2) is 0 Å². The maximum Gasteiger partial charge on any atom is 0.246 e. The van der Waals surface area contributed by atoms with Gasteiger partial charge in [-0.1, -0.05) is 23.4 Å². The molecular formula is C15H19N3O2. The van der Waals surface area contributed by atoms with Crippen LogP contribution in [-0.2, 0) is 5.54 Å². The number of hydrogen-bond acceptors (Lipinski definition) is 5. The summed E-state index contributed by atoms with van der Waals surface area (Å²) in [5.74, 6) is 2.41. The van der Waals surface area contributed by atoms with Gasteiger partial charge in [0, 0.05) is 5.56 Å². The van der Waals surface area contributed by atoms with Crippen molar-refractivity contribution in [2.45, 2.75) is 31.7 Å². The van der Waals surface area contributed by atoms with Crippen LogP contribution in [0.25, 0.3) is 0 Å². The summed E-state index contributed by atoms with van der Waals surface area (Å²) in [6.07, 6.45) is 0.871. The maximum absolute atomic E-state index is 5.67.